The first-order valence-corrected chi connectivity index (χ1v) is 6.56. The van der Waals surface area contributed by atoms with Gasteiger partial charge in [-0.15, -0.1) is 12.4 Å². The molecule has 0 spiro atoms. The highest BCUT2D eigenvalue weighted by Crippen LogP contribution is 2.07. The van der Waals surface area contributed by atoms with Crippen LogP contribution >= 0.6 is 12.4 Å². The van der Waals surface area contributed by atoms with Crippen LogP contribution in [-0.4, -0.2) is 31.3 Å². The molecule has 0 saturated heterocycles. The number of aryl methyl sites for hydroxylation is 1. The molecule has 4 nitrogen and oxygen atoms in total. The highest BCUT2D eigenvalue weighted by atomic mass is 35.5. The van der Waals surface area contributed by atoms with E-state index in [0.717, 1.165) is 5.56 Å². The van der Waals surface area contributed by atoms with Gasteiger partial charge in [0.1, 0.15) is 0 Å². The molecule has 1 atom stereocenters. The molecular formula is C15H23ClN2O2. The van der Waals surface area contributed by atoms with Crippen molar-refractivity contribution in [2.75, 3.05) is 13.6 Å². The van der Waals surface area contributed by atoms with Crippen molar-refractivity contribution in [1.29, 1.82) is 0 Å². The van der Waals surface area contributed by atoms with Gasteiger partial charge in [0.2, 0.25) is 5.91 Å². The van der Waals surface area contributed by atoms with E-state index >= 15 is 0 Å². The summed E-state index contributed by atoms with van der Waals surface area (Å²) in [5.74, 6) is -0.0700. The number of carbonyl (C=O) groups is 2. The fourth-order valence-corrected chi connectivity index (χ4v) is 1.57. The third-order valence-electron chi connectivity index (χ3n) is 3.05. The first kappa shape index (κ1) is 18.6. The van der Waals surface area contributed by atoms with Crippen LogP contribution in [0.4, 0.5) is 0 Å². The predicted molar refractivity (Wildman–Crippen MR) is 83.5 cm³/mol. The number of Topliss-reactive ketones (excluding diaryl/α,β-unsaturated/α-hetero) is 1. The van der Waals surface area contributed by atoms with Crippen molar-refractivity contribution in [3.63, 3.8) is 0 Å². The van der Waals surface area contributed by atoms with E-state index in [0.29, 0.717) is 12.1 Å². The van der Waals surface area contributed by atoms with Gasteiger partial charge in [0.25, 0.3) is 0 Å². The molecule has 1 aromatic carbocycles. The summed E-state index contributed by atoms with van der Waals surface area (Å²) < 4.78 is 0. The lowest BCUT2D eigenvalue weighted by molar-refractivity contribution is -0.121. The molecule has 112 valence electrons. The summed E-state index contributed by atoms with van der Waals surface area (Å²) in [6, 6.07) is 7.65. The van der Waals surface area contributed by atoms with Crippen LogP contribution in [0.15, 0.2) is 24.3 Å². The number of ketones is 1. The normalized spacial score (nSPS) is 11.3. The predicted octanol–water partition coefficient (Wildman–Crippen LogP) is 2.10. The van der Waals surface area contributed by atoms with Gasteiger partial charge >= 0.3 is 0 Å². The first-order chi connectivity index (χ1) is 9.02. The van der Waals surface area contributed by atoms with Crippen LogP contribution in [0.2, 0.25) is 0 Å². The Morgan fingerprint density at radius 1 is 1.15 bits per heavy atom. The summed E-state index contributed by atoms with van der Waals surface area (Å²) in [5.41, 5.74) is 1.79. The second-order valence-electron chi connectivity index (χ2n) is 4.78. The van der Waals surface area contributed by atoms with E-state index in [1.165, 1.54) is 0 Å². The standard InChI is InChI=1S/C15H22N2O2.ClH/c1-11-4-6-13(7-5-11)14(18)8-9-15(19)17-10-12(2)16-3;/h4-7,12,16H,8-10H2,1-3H3,(H,17,19);1H. The van der Waals surface area contributed by atoms with Crippen LogP contribution in [0.1, 0.15) is 35.7 Å². The van der Waals surface area contributed by atoms with E-state index in [9.17, 15) is 9.59 Å². The average Bonchev–Trinajstić information content (AvgIpc) is 2.42. The minimum absolute atomic E-state index is 0. The van der Waals surface area contributed by atoms with Gasteiger partial charge in [-0.25, -0.2) is 0 Å². The van der Waals surface area contributed by atoms with E-state index in [1.54, 1.807) is 12.1 Å². The lowest BCUT2D eigenvalue weighted by Gasteiger charge is -2.11. The van der Waals surface area contributed by atoms with Gasteiger partial charge in [-0.1, -0.05) is 29.8 Å². The van der Waals surface area contributed by atoms with Gasteiger partial charge in [-0.3, -0.25) is 9.59 Å². The summed E-state index contributed by atoms with van der Waals surface area (Å²) >= 11 is 0. The van der Waals surface area contributed by atoms with Gasteiger partial charge < -0.3 is 10.6 Å². The summed E-state index contributed by atoms with van der Waals surface area (Å²) in [7, 11) is 1.84. The van der Waals surface area contributed by atoms with Crippen molar-refractivity contribution in [3.8, 4) is 0 Å². The van der Waals surface area contributed by atoms with Crippen LogP contribution in [0.25, 0.3) is 0 Å². The number of hydrogen-bond acceptors (Lipinski definition) is 3. The summed E-state index contributed by atoms with van der Waals surface area (Å²) in [5, 5.41) is 5.83. The highest BCUT2D eigenvalue weighted by molar-refractivity contribution is 5.97. The number of likely N-dealkylation sites (N-methyl/N-ethyl adjacent to an activating group) is 1. The largest absolute Gasteiger partial charge is 0.355 e. The van der Waals surface area contributed by atoms with Crippen molar-refractivity contribution >= 4 is 24.1 Å². The topological polar surface area (TPSA) is 58.2 Å². The Hall–Kier alpha value is -1.39. The molecule has 1 unspecified atom stereocenters. The molecule has 1 aromatic rings. The second kappa shape index (κ2) is 9.50. The molecule has 2 N–H and O–H groups in total. The van der Waals surface area contributed by atoms with Crippen molar-refractivity contribution < 1.29 is 9.59 Å². The Bertz CT molecular complexity index is 432. The fourth-order valence-electron chi connectivity index (χ4n) is 1.57. The van der Waals surface area contributed by atoms with E-state index in [4.69, 9.17) is 0 Å². The molecular weight excluding hydrogens is 276 g/mol. The number of hydrogen-bond donors (Lipinski definition) is 2. The SMILES string of the molecule is CNC(C)CNC(=O)CCC(=O)c1ccc(C)cc1.Cl. The van der Waals surface area contributed by atoms with Crippen LogP contribution < -0.4 is 10.6 Å². The van der Waals surface area contributed by atoms with Gasteiger partial charge in [0, 0.05) is 31.0 Å². The van der Waals surface area contributed by atoms with Crippen molar-refractivity contribution in [3.05, 3.63) is 35.4 Å². The molecule has 0 heterocycles. The van der Waals surface area contributed by atoms with Gasteiger partial charge in [0.05, 0.1) is 0 Å². The lowest BCUT2D eigenvalue weighted by atomic mass is 10.0. The van der Waals surface area contributed by atoms with Crippen LogP contribution in [0, 0.1) is 6.92 Å². The second-order valence-corrected chi connectivity index (χ2v) is 4.78. The monoisotopic (exact) mass is 298 g/mol. The number of halogens is 1. The molecule has 0 aliphatic rings. The Balaban J connectivity index is 0.00000361. The number of nitrogens with one attached hydrogen (secondary N) is 2. The van der Waals surface area contributed by atoms with Crippen LogP contribution in [-0.2, 0) is 4.79 Å². The third-order valence-corrected chi connectivity index (χ3v) is 3.05. The van der Waals surface area contributed by atoms with Crippen molar-refractivity contribution in [2.24, 2.45) is 0 Å². The Morgan fingerprint density at radius 3 is 2.30 bits per heavy atom. The molecule has 0 fully saturated rings. The zero-order valence-electron chi connectivity index (χ0n) is 12.2. The number of benzene rings is 1. The Morgan fingerprint density at radius 2 is 1.75 bits per heavy atom. The van der Waals surface area contributed by atoms with E-state index in [2.05, 4.69) is 10.6 Å². The third kappa shape index (κ3) is 6.68. The smallest absolute Gasteiger partial charge is 0.220 e. The Labute approximate surface area is 126 Å². The quantitative estimate of drug-likeness (QED) is 0.758. The maximum absolute atomic E-state index is 11.9. The molecule has 0 bridgehead atoms. The molecule has 0 saturated carbocycles. The molecule has 0 aliphatic heterocycles. The molecule has 0 radical (unpaired) electrons. The van der Waals surface area contributed by atoms with Gasteiger partial charge in [0.15, 0.2) is 5.78 Å². The maximum Gasteiger partial charge on any atom is 0.220 e. The molecule has 0 aromatic heterocycles. The number of amides is 1. The van der Waals surface area contributed by atoms with Crippen molar-refractivity contribution in [2.45, 2.75) is 32.7 Å². The van der Waals surface area contributed by atoms with Crippen LogP contribution in [0.3, 0.4) is 0 Å². The summed E-state index contributed by atoms with van der Waals surface area (Å²) in [4.78, 5) is 23.4. The Kier molecular flexibility index (Phi) is 8.84. The zero-order chi connectivity index (χ0) is 14.3. The van der Waals surface area contributed by atoms with Gasteiger partial charge in [-0.2, -0.15) is 0 Å². The highest BCUT2D eigenvalue weighted by Gasteiger charge is 2.09. The van der Waals surface area contributed by atoms with Gasteiger partial charge in [-0.05, 0) is 20.9 Å². The number of rotatable bonds is 7. The van der Waals surface area contributed by atoms with Crippen molar-refractivity contribution in [1.82, 2.24) is 10.6 Å². The van der Waals surface area contributed by atoms with E-state index < -0.39 is 0 Å². The van der Waals surface area contributed by atoms with Crippen LogP contribution in [0.5, 0.6) is 0 Å². The molecule has 1 rings (SSSR count). The molecule has 1 amide bonds. The zero-order valence-corrected chi connectivity index (χ0v) is 13.0. The lowest BCUT2D eigenvalue weighted by Crippen LogP contribution is -2.37. The number of carbonyl (C=O) groups excluding carboxylic acids is 2. The maximum atomic E-state index is 11.9. The minimum atomic E-state index is -0.0810. The first-order valence-electron chi connectivity index (χ1n) is 6.56. The minimum Gasteiger partial charge on any atom is -0.355 e. The fraction of sp³-hybridized carbons (Fsp3) is 0.467. The summed E-state index contributed by atoms with van der Waals surface area (Å²) in [6.07, 6.45) is 0.492. The molecule has 20 heavy (non-hydrogen) atoms. The summed E-state index contributed by atoms with van der Waals surface area (Å²) in [6.45, 7) is 4.54. The molecule has 0 aliphatic carbocycles. The average molecular weight is 299 g/mol. The van der Waals surface area contributed by atoms with E-state index in [-0.39, 0.29) is 43.0 Å². The molecule has 5 heteroatoms. The van der Waals surface area contributed by atoms with E-state index in [1.807, 2.05) is 33.0 Å².